The molecule has 0 aromatic heterocycles. The molecule has 0 radical (unpaired) electrons. The molecule has 0 atom stereocenters. The van der Waals surface area contributed by atoms with E-state index >= 15 is 0 Å². The third kappa shape index (κ3) is 2.79. The molecule has 4 heteroatoms. The van der Waals surface area contributed by atoms with Crippen LogP contribution in [0.2, 0.25) is 0 Å². The smallest absolute Gasteiger partial charge is 0.255 e. The Bertz CT molecular complexity index is 573. The van der Waals surface area contributed by atoms with Gasteiger partial charge in [-0.1, -0.05) is 6.07 Å². The van der Waals surface area contributed by atoms with Crippen LogP contribution in [-0.2, 0) is 0 Å². The number of rotatable bonds is 2. The van der Waals surface area contributed by atoms with Gasteiger partial charge in [0.1, 0.15) is 0 Å². The van der Waals surface area contributed by atoms with Gasteiger partial charge < -0.3 is 16.8 Å². The highest BCUT2D eigenvalue weighted by Crippen LogP contribution is 2.15. The third-order valence-corrected chi connectivity index (χ3v) is 2.51. The van der Waals surface area contributed by atoms with Crippen molar-refractivity contribution < 1.29 is 4.79 Å². The number of nitrogen functional groups attached to an aromatic ring is 2. The maximum absolute atomic E-state index is 12.0. The molecule has 4 nitrogen and oxygen atoms in total. The largest absolute Gasteiger partial charge is 0.399 e. The molecule has 0 saturated carbocycles. The van der Waals surface area contributed by atoms with E-state index in [4.69, 9.17) is 11.5 Å². The Labute approximate surface area is 106 Å². The number of carbonyl (C=O) groups is 1. The van der Waals surface area contributed by atoms with Crippen LogP contribution in [0, 0.1) is 6.92 Å². The number of anilines is 3. The van der Waals surface area contributed by atoms with E-state index in [1.807, 2.05) is 13.0 Å². The SMILES string of the molecule is Cc1cc(N)cc(C(=O)Nc2cccc(N)c2)c1. The monoisotopic (exact) mass is 241 g/mol. The van der Waals surface area contributed by atoms with Gasteiger partial charge in [-0.25, -0.2) is 0 Å². The molecule has 0 unspecified atom stereocenters. The van der Waals surface area contributed by atoms with Crippen LogP contribution >= 0.6 is 0 Å². The van der Waals surface area contributed by atoms with E-state index in [1.54, 1.807) is 36.4 Å². The van der Waals surface area contributed by atoms with Crippen molar-refractivity contribution in [2.75, 3.05) is 16.8 Å². The Kier molecular flexibility index (Phi) is 3.19. The number of hydrogen-bond donors (Lipinski definition) is 3. The Morgan fingerprint density at radius 1 is 1.06 bits per heavy atom. The van der Waals surface area contributed by atoms with Gasteiger partial charge in [-0.2, -0.15) is 0 Å². The van der Waals surface area contributed by atoms with Gasteiger partial charge in [0, 0.05) is 22.6 Å². The summed E-state index contributed by atoms with van der Waals surface area (Å²) in [7, 11) is 0. The fourth-order valence-corrected chi connectivity index (χ4v) is 1.76. The summed E-state index contributed by atoms with van der Waals surface area (Å²) in [5.41, 5.74) is 14.7. The zero-order valence-corrected chi connectivity index (χ0v) is 10.1. The molecule has 0 aliphatic rings. The first kappa shape index (κ1) is 12.0. The first-order valence-electron chi connectivity index (χ1n) is 5.58. The lowest BCUT2D eigenvalue weighted by atomic mass is 10.1. The van der Waals surface area contributed by atoms with Crippen molar-refractivity contribution in [3.05, 3.63) is 53.6 Å². The van der Waals surface area contributed by atoms with E-state index in [2.05, 4.69) is 5.32 Å². The van der Waals surface area contributed by atoms with Crippen molar-refractivity contribution >= 4 is 23.0 Å². The molecule has 2 aromatic rings. The lowest BCUT2D eigenvalue weighted by Crippen LogP contribution is -2.12. The molecule has 1 amide bonds. The molecule has 0 saturated heterocycles. The first-order valence-corrected chi connectivity index (χ1v) is 5.58. The molecule has 2 aromatic carbocycles. The third-order valence-electron chi connectivity index (χ3n) is 2.51. The zero-order valence-electron chi connectivity index (χ0n) is 10.1. The standard InChI is InChI=1S/C14H15N3O/c1-9-5-10(7-12(16)6-9)14(18)17-13-4-2-3-11(15)8-13/h2-8H,15-16H2,1H3,(H,17,18). The summed E-state index contributed by atoms with van der Waals surface area (Å²) in [6, 6.07) is 12.3. The minimum atomic E-state index is -0.198. The molecule has 92 valence electrons. The molecular weight excluding hydrogens is 226 g/mol. The zero-order chi connectivity index (χ0) is 13.1. The van der Waals surface area contributed by atoms with Crippen molar-refractivity contribution in [3.8, 4) is 0 Å². The van der Waals surface area contributed by atoms with Gasteiger partial charge in [-0.15, -0.1) is 0 Å². The average Bonchev–Trinajstić information content (AvgIpc) is 2.27. The van der Waals surface area contributed by atoms with Crippen LogP contribution in [0.3, 0.4) is 0 Å². The topological polar surface area (TPSA) is 81.1 Å². The predicted octanol–water partition coefficient (Wildman–Crippen LogP) is 2.41. The number of hydrogen-bond acceptors (Lipinski definition) is 3. The first-order chi connectivity index (χ1) is 8.54. The summed E-state index contributed by atoms with van der Waals surface area (Å²) < 4.78 is 0. The predicted molar refractivity (Wildman–Crippen MR) is 74.4 cm³/mol. The summed E-state index contributed by atoms with van der Waals surface area (Å²) in [6.07, 6.45) is 0. The molecule has 18 heavy (non-hydrogen) atoms. The number of carbonyl (C=O) groups excluding carboxylic acids is 1. The van der Waals surface area contributed by atoms with Gasteiger partial charge in [-0.3, -0.25) is 4.79 Å². The van der Waals surface area contributed by atoms with Gasteiger partial charge >= 0.3 is 0 Å². The van der Waals surface area contributed by atoms with Crippen LogP contribution in [0.25, 0.3) is 0 Å². The van der Waals surface area contributed by atoms with Crippen molar-refractivity contribution in [1.29, 1.82) is 0 Å². The fraction of sp³-hybridized carbons (Fsp3) is 0.0714. The van der Waals surface area contributed by atoms with E-state index in [9.17, 15) is 4.79 Å². The molecule has 0 aliphatic heterocycles. The maximum atomic E-state index is 12.0. The second-order valence-corrected chi connectivity index (χ2v) is 4.21. The Morgan fingerprint density at radius 3 is 2.50 bits per heavy atom. The molecular formula is C14H15N3O. The van der Waals surface area contributed by atoms with Crippen LogP contribution in [0.15, 0.2) is 42.5 Å². The van der Waals surface area contributed by atoms with Crippen molar-refractivity contribution in [3.63, 3.8) is 0 Å². The average molecular weight is 241 g/mol. The summed E-state index contributed by atoms with van der Waals surface area (Å²) in [4.78, 5) is 12.0. The van der Waals surface area contributed by atoms with E-state index in [1.165, 1.54) is 0 Å². The number of aryl methyl sites for hydroxylation is 1. The molecule has 0 bridgehead atoms. The van der Waals surface area contributed by atoms with Crippen molar-refractivity contribution in [2.45, 2.75) is 6.92 Å². The van der Waals surface area contributed by atoms with Gasteiger partial charge in [-0.05, 0) is 48.9 Å². The van der Waals surface area contributed by atoms with Crippen LogP contribution in [0.4, 0.5) is 17.1 Å². The molecule has 0 spiro atoms. The van der Waals surface area contributed by atoms with E-state index in [0.717, 1.165) is 5.56 Å². The highest BCUT2D eigenvalue weighted by molar-refractivity contribution is 6.05. The number of amides is 1. The Balaban J connectivity index is 2.22. The number of nitrogens with two attached hydrogens (primary N) is 2. The summed E-state index contributed by atoms with van der Waals surface area (Å²) in [6.45, 7) is 1.90. The lowest BCUT2D eigenvalue weighted by molar-refractivity contribution is 0.102. The van der Waals surface area contributed by atoms with Crippen LogP contribution in [0.5, 0.6) is 0 Å². The minimum absolute atomic E-state index is 0.198. The van der Waals surface area contributed by atoms with E-state index < -0.39 is 0 Å². The Hall–Kier alpha value is -2.49. The number of nitrogens with one attached hydrogen (secondary N) is 1. The lowest BCUT2D eigenvalue weighted by Gasteiger charge is -2.07. The normalized spacial score (nSPS) is 10.1. The Morgan fingerprint density at radius 2 is 1.83 bits per heavy atom. The second kappa shape index (κ2) is 4.79. The quantitative estimate of drug-likeness (QED) is 0.706. The van der Waals surface area contributed by atoms with Crippen LogP contribution < -0.4 is 16.8 Å². The molecule has 0 heterocycles. The van der Waals surface area contributed by atoms with E-state index in [-0.39, 0.29) is 5.91 Å². The van der Waals surface area contributed by atoms with Gasteiger partial charge in [0.2, 0.25) is 0 Å². The fourth-order valence-electron chi connectivity index (χ4n) is 1.76. The molecule has 0 fully saturated rings. The summed E-state index contributed by atoms with van der Waals surface area (Å²) in [5, 5.41) is 2.78. The van der Waals surface area contributed by atoms with Gasteiger partial charge in [0.25, 0.3) is 5.91 Å². The van der Waals surface area contributed by atoms with Gasteiger partial charge in [0.15, 0.2) is 0 Å². The van der Waals surface area contributed by atoms with Gasteiger partial charge in [0.05, 0.1) is 0 Å². The maximum Gasteiger partial charge on any atom is 0.255 e. The van der Waals surface area contributed by atoms with Crippen LogP contribution in [0.1, 0.15) is 15.9 Å². The second-order valence-electron chi connectivity index (χ2n) is 4.21. The summed E-state index contributed by atoms with van der Waals surface area (Å²) in [5.74, 6) is -0.198. The summed E-state index contributed by atoms with van der Waals surface area (Å²) >= 11 is 0. The minimum Gasteiger partial charge on any atom is -0.399 e. The van der Waals surface area contributed by atoms with E-state index in [0.29, 0.717) is 22.6 Å². The molecule has 2 rings (SSSR count). The molecule has 0 aliphatic carbocycles. The molecule has 5 N–H and O–H groups in total. The highest BCUT2D eigenvalue weighted by Gasteiger charge is 2.07. The highest BCUT2D eigenvalue weighted by atomic mass is 16.1. The van der Waals surface area contributed by atoms with Crippen LogP contribution in [-0.4, -0.2) is 5.91 Å². The van der Waals surface area contributed by atoms with Crippen molar-refractivity contribution in [1.82, 2.24) is 0 Å². The van der Waals surface area contributed by atoms with Crippen molar-refractivity contribution in [2.24, 2.45) is 0 Å². The number of benzene rings is 2.